The minimum Gasteiger partial charge on any atom is -0.478 e. The molecule has 2 heterocycles. The van der Waals surface area contributed by atoms with E-state index in [9.17, 15) is 5.11 Å². The van der Waals surface area contributed by atoms with E-state index in [4.69, 9.17) is 4.74 Å². The first-order valence-electron chi connectivity index (χ1n) is 5.67. The van der Waals surface area contributed by atoms with Gasteiger partial charge in [0.2, 0.25) is 5.88 Å². The summed E-state index contributed by atoms with van der Waals surface area (Å²) in [5.41, 5.74) is 0. The predicted octanol–water partition coefficient (Wildman–Crippen LogP) is 0.836. The topological polar surface area (TPSA) is 58.5 Å². The van der Waals surface area contributed by atoms with E-state index in [-0.39, 0.29) is 12.6 Å². The van der Waals surface area contributed by atoms with Crippen molar-refractivity contribution in [1.82, 2.24) is 9.97 Å². The van der Waals surface area contributed by atoms with Gasteiger partial charge in [-0.15, -0.1) is 0 Å². The molecule has 16 heavy (non-hydrogen) atoms. The molecule has 0 radical (unpaired) electrons. The number of anilines is 1. The summed E-state index contributed by atoms with van der Waals surface area (Å²) >= 11 is 0. The first kappa shape index (κ1) is 11.1. The molecule has 2 rings (SSSR count). The fourth-order valence-electron chi connectivity index (χ4n) is 2.04. The second kappa shape index (κ2) is 5.12. The molecule has 1 N–H and O–H groups in total. The minimum absolute atomic E-state index is 0.175. The normalized spacial score (nSPS) is 20.1. The largest absolute Gasteiger partial charge is 0.478 e. The molecule has 0 aliphatic carbocycles. The Morgan fingerprint density at radius 1 is 1.56 bits per heavy atom. The van der Waals surface area contributed by atoms with Crippen molar-refractivity contribution in [2.75, 3.05) is 24.7 Å². The van der Waals surface area contributed by atoms with Crippen LogP contribution in [0.25, 0.3) is 0 Å². The Morgan fingerprint density at radius 3 is 3.19 bits per heavy atom. The van der Waals surface area contributed by atoms with Gasteiger partial charge in [-0.1, -0.05) is 0 Å². The smallest absolute Gasteiger partial charge is 0.218 e. The van der Waals surface area contributed by atoms with Crippen LogP contribution in [0.15, 0.2) is 12.4 Å². The number of aromatic nitrogens is 2. The molecule has 0 unspecified atom stereocenters. The van der Waals surface area contributed by atoms with Gasteiger partial charge < -0.3 is 14.7 Å². The van der Waals surface area contributed by atoms with Crippen LogP contribution in [0.1, 0.15) is 19.8 Å². The molecule has 1 aliphatic rings. The SMILES string of the molecule is CCOc1cc(N2CCC[C@@H]2CO)ncn1. The molecule has 5 heteroatoms. The van der Waals surface area contributed by atoms with E-state index in [1.165, 1.54) is 6.33 Å². The molecular weight excluding hydrogens is 206 g/mol. The third-order valence-electron chi connectivity index (χ3n) is 2.80. The van der Waals surface area contributed by atoms with Gasteiger partial charge in [-0.2, -0.15) is 0 Å². The zero-order valence-corrected chi connectivity index (χ0v) is 9.46. The summed E-state index contributed by atoms with van der Waals surface area (Å²) in [6.45, 7) is 3.63. The lowest BCUT2D eigenvalue weighted by atomic mass is 10.2. The molecule has 1 aliphatic heterocycles. The fraction of sp³-hybridized carbons (Fsp3) is 0.636. The fourth-order valence-corrected chi connectivity index (χ4v) is 2.04. The predicted molar refractivity (Wildman–Crippen MR) is 60.7 cm³/mol. The van der Waals surface area contributed by atoms with E-state index in [0.717, 1.165) is 25.2 Å². The Morgan fingerprint density at radius 2 is 2.44 bits per heavy atom. The van der Waals surface area contributed by atoms with Crippen molar-refractivity contribution in [3.63, 3.8) is 0 Å². The highest BCUT2D eigenvalue weighted by atomic mass is 16.5. The molecule has 1 fully saturated rings. The van der Waals surface area contributed by atoms with Crippen molar-refractivity contribution in [2.24, 2.45) is 0 Å². The van der Waals surface area contributed by atoms with Crippen molar-refractivity contribution < 1.29 is 9.84 Å². The van der Waals surface area contributed by atoms with Crippen LogP contribution in [0.2, 0.25) is 0 Å². The third-order valence-corrected chi connectivity index (χ3v) is 2.80. The molecule has 0 spiro atoms. The average molecular weight is 223 g/mol. The summed E-state index contributed by atoms with van der Waals surface area (Å²) in [5, 5.41) is 9.25. The molecule has 1 aromatic heterocycles. The molecule has 5 nitrogen and oxygen atoms in total. The van der Waals surface area contributed by atoms with Crippen molar-refractivity contribution in [2.45, 2.75) is 25.8 Å². The highest BCUT2D eigenvalue weighted by Crippen LogP contribution is 2.24. The maximum atomic E-state index is 9.25. The van der Waals surface area contributed by atoms with Gasteiger partial charge in [-0.25, -0.2) is 9.97 Å². The Kier molecular flexibility index (Phi) is 3.56. The molecule has 1 aromatic rings. The highest BCUT2D eigenvalue weighted by molar-refractivity contribution is 5.43. The van der Waals surface area contributed by atoms with Crippen LogP contribution in [0.4, 0.5) is 5.82 Å². The number of aliphatic hydroxyl groups excluding tert-OH is 1. The van der Waals surface area contributed by atoms with Crippen LogP contribution < -0.4 is 9.64 Å². The average Bonchev–Trinajstić information content (AvgIpc) is 2.78. The Labute approximate surface area is 95.1 Å². The van der Waals surface area contributed by atoms with Crippen LogP contribution in [-0.2, 0) is 0 Å². The second-order valence-electron chi connectivity index (χ2n) is 3.82. The lowest BCUT2D eigenvalue weighted by molar-refractivity contribution is 0.265. The van der Waals surface area contributed by atoms with Crippen molar-refractivity contribution in [3.05, 3.63) is 12.4 Å². The van der Waals surface area contributed by atoms with E-state index < -0.39 is 0 Å². The van der Waals surface area contributed by atoms with Gasteiger partial charge in [-0.3, -0.25) is 0 Å². The molecule has 0 amide bonds. The third kappa shape index (κ3) is 2.24. The zero-order chi connectivity index (χ0) is 11.4. The molecule has 0 saturated carbocycles. The quantitative estimate of drug-likeness (QED) is 0.819. The summed E-state index contributed by atoms with van der Waals surface area (Å²) in [4.78, 5) is 10.4. The van der Waals surface area contributed by atoms with Crippen LogP contribution in [0.3, 0.4) is 0 Å². The summed E-state index contributed by atoms with van der Waals surface area (Å²) in [7, 11) is 0. The van der Waals surface area contributed by atoms with Crippen molar-refractivity contribution >= 4 is 5.82 Å². The molecular formula is C11H17N3O2. The Balaban J connectivity index is 2.16. The van der Waals surface area contributed by atoms with Gasteiger partial charge in [0.05, 0.1) is 19.3 Å². The standard InChI is InChI=1S/C11H17N3O2/c1-2-16-11-6-10(12-8-13-11)14-5-3-4-9(14)7-15/h6,8-9,15H,2-5,7H2,1H3/t9-/m1/s1. The number of hydrogen-bond acceptors (Lipinski definition) is 5. The molecule has 88 valence electrons. The number of aliphatic hydroxyl groups is 1. The summed E-state index contributed by atoms with van der Waals surface area (Å²) in [6, 6.07) is 2.02. The Hall–Kier alpha value is -1.36. The molecule has 0 aromatic carbocycles. The first-order valence-corrected chi connectivity index (χ1v) is 5.67. The number of ether oxygens (including phenoxy) is 1. The van der Waals surface area contributed by atoms with Gasteiger partial charge >= 0.3 is 0 Å². The van der Waals surface area contributed by atoms with Gasteiger partial charge in [0.25, 0.3) is 0 Å². The van der Waals surface area contributed by atoms with E-state index in [1.54, 1.807) is 0 Å². The number of nitrogens with zero attached hydrogens (tertiary/aromatic N) is 3. The first-order chi connectivity index (χ1) is 7.85. The van der Waals surface area contributed by atoms with Crippen molar-refractivity contribution in [3.8, 4) is 5.88 Å². The zero-order valence-electron chi connectivity index (χ0n) is 9.46. The van der Waals surface area contributed by atoms with Crippen molar-refractivity contribution in [1.29, 1.82) is 0 Å². The van der Waals surface area contributed by atoms with E-state index >= 15 is 0 Å². The Bertz CT molecular complexity index is 346. The van der Waals surface area contributed by atoms with Gasteiger partial charge in [0.1, 0.15) is 12.1 Å². The van der Waals surface area contributed by atoms with E-state index in [2.05, 4.69) is 14.9 Å². The van der Waals surface area contributed by atoms with E-state index in [1.807, 2.05) is 13.0 Å². The lowest BCUT2D eigenvalue weighted by Gasteiger charge is -2.23. The monoisotopic (exact) mass is 223 g/mol. The minimum atomic E-state index is 0.175. The summed E-state index contributed by atoms with van der Waals surface area (Å²) < 4.78 is 5.33. The van der Waals surface area contributed by atoms with Crippen LogP contribution >= 0.6 is 0 Å². The molecule has 1 saturated heterocycles. The highest BCUT2D eigenvalue weighted by Gasteiger charge is 2.25. The molecule has 0 bridgehead atoms. The maximum Gasteiger partial charge on any atom is 0.218 e. The van der Waals surface area contributed by atoms with E-state index in [0.29, 0.717) is 12.5 Å². The second-order valence-corrected chi connectivity index (χ2v) is 3.82. The van der Waals surface area contributed by atoms with Gasteiger partial charge in [0.15, 0.2) is 0 Å². The summed E-state index contributed by atoms with van der Waals surface area (Å²) in [5.74, 6) is 1.44. The summed E-state index contributed by atoms with van der Waals surface area (Å²) in [6.07, 6.45) is 3.62. The van der Waals surface area contributed by atoms with Gasteiger partial charge in [0, 0.05) is 12.6 Å². The maximum absolute atomic E-state index is 9.25. The number of hydrogen-bond donors (Lipinski definition) is 1. The van der Waals surface area contributed by atoms with Crippen LogP contribution in [-0.4, -0.2) is 40.9 Å². The molecule has 1 atom stereocenters. The van der Waals surface area contributed by atoms with Crippen LogP contribution in [0, 0.1) is 0 Å². The van der Waals surface area contributed by atoms with Gasteiger partial charge in [-0.05, 0) is 19.8 Å². The lowest BCUT2D eigenvalue weighted by Crippen LogP contribution is -2.32. The van der Waals surface area contributed by atoms with Crippen LogP contribution in [0.5, 0.6) is 5.88 Å². The number of rotatable bonds is 4.